The SMILES string of the molecule is CC/C=C/C/C=C/C/C=C/C/C=C/C/C=C/CCCC(=O)OC[C@H](COP(=O)(O)OC[C@@H](O)CO)OC(=O)CCC/C=C/C/C=C/C/C=C/CCCCCCCC. The Morgan fingerprint density at radius 1 is 0.544 bits per heavy atom. The van der Waals surface area contributed by atoms with Crippen molar-refractivity contribution >= 4 is 19.8 Å². The molecule has 0 aliphatic carbocycles. The largest absolute Gasteiger partial charge is 0.472 e. The van der Waals surface area contributed by atoms with Crippen LogP contribution in [0.4, 0.5) is 0 Å². The first kappa shape index (κ1) is 53.9. The Morgan fingerprint density at radius 3 is 1.46 bits per heavy atom. The molecule has 0 spiro atoms. The number of rotatable bonds is 38. The summed E-state index contributed by atoms with van der Waals surface area (Å²) >= 11 is 0. The van der Waals surface area contributed by atoms with Gasteiger partial charge in [0.25, 0.3) is 0 Å². The minimum Gasteiger partial charge on any atom is -0.462 e. The number of ether oxygens (including phenoxy) is 2. The van der Waals surface area contributed by atoms with Crippen molar-refractivity contribution < 1.29 is 47.8 Å². The summed E-state index contributed by atoms with van der Waals surface area (Å²) in [5.74, 6) is -1.07. The predicted molar refractivity (Wildman–Crippen MR) is 232 cm³/mol. The molecule has 11 heteroatoms. The van der Waals surface area contributed by atoms with Crippen LogP contribution in [0.15, 0.2) is 97.2 Å². The molecule has 0 radical (unpaired) electrons. The molecule has 3 atom stereocenters. The Bertz CT molecular complexity index is 1260. The van der Waals surface area contributed by atoms with Gasteiger partial charge >= 0.3 is 19.8 Å². The molecule has 3 N–H and O–H groups in total. The summed E-state index contributed by atoms with van der Waals surface area (Å²) in [4.78, 5) is 34.9. The third kappa shape index (κ3) is 40.9. The highest BCUT2D eigenvalue weighted by atomic mass is 31.2. The molecule has 10 nitrogen and oxygen atoms in total. The fraction of sp³-hybridized carbons (Fsp3) is 0.609. The van der Waals surface area contributed by atoms with Crippen LogP contribution in [-0.4, -0.2) is 65.7 Å². The minimum absolute atomic E-state index is 0.0945. The van der Waals surface area contributed by atoms with Crippen LogP contribution in [0.25, 0.3) is 0 Å². The number of unbranched alkanes of at least 4 members (excludes halogenated alkanes) is 8. The minimum atomic E-state index is -4.65. The standard InChI is InChI=1S/C46H75O10P/c1-3-5-7-9-11-13-15-17-19-21-23-25-27-29-31-33-35-37-45(49)53-41-44(42-55-57(51,52)54-40-43(48)39-47)56-46(50)38-36-34-32-30-28-26-24-22-20-18-16-14-12-10-8-6-4-2/h5,7,11,13,17-20,23-26,29-32,43-44,47-48H,3-4,6,8-10,12,14-16,21-22,27-28,33-42H2,1-2H3,(H,51,52)/b7-5+,13-11+,19-17+,20-18+,25-23+,26-24+,31-29+,32-30+/t43-,44+/m0/s1. The zero-order valence-electron chi connectivity index (χ0n) is 35.0. The highest BCUT2D eigenvalue weighted by Gasteiger charge is 2.27. The average Bonchev–Trinajstić information content (AvgIpc) is 3.20. The fourth-order valence-corrected chi connectivity index (χ4v) is 5.77. The summed E-state index contributed by atoms with van der Waals surface area (Å²) in [5.41, 5.74) is 0. The molecular formula is C46H75O10P. The number of esters is 2. The number of hydrogen-bond donors (Lipinski definition) is 3. The average molecular weight is 819 g/mol. The molecule has 0 aromatic rings. The van der Waals surface area contributed by atoms with Crippen LogP contribution >= 0.6 is 7.82 Å². The van der Waals surface area contributed by atoms with Crippen LogP contribution in [0.5, 0.6) is 0 Å². The van der Waals surface area contributed by atoms with Crippen molar-refractivity contribution in [1.82, 2.24) is 0 Å². The first-order valence-electron chi connectivity index (χ1n) is 21.2. The number of phosphoric acid groups is 1. The Balaban J connectivity index is 4.52. The van der Waals surface area contributed by atoms with Gasteiger partial charge in [-0.05, 0) is 83.5 Å². The predicted octanol–water partition coefficient (Wildman–Crippen LogP) is 11.2. The summed E-state index contributed by atoms with van der Waals surface area (Å²) < 4.78 is 32.6. The van der Waals surface area contributed by atoms with Crippen molar-refractivity contribution in [3.05, 3.63) is 97.2 Å². The molecule has 0 aliphatic rings. The quantitative estimate of drug-likeness (QED) is 0.0238. The molecule has 0 heterocycles. The lowest BCUT2D eigenvalue weighted by molar-refractivity contribution is -0.161. The molecule has 1 unspecified atom stereocenters. The van der Waals surface area contributed by atoms with Crippen molar-refractivity contribution in [2.45, 2.75) is 154 Å². The molecule has 0 saturated heterocycles. The van der Waals surface area contributed by atoms with Crippen LogP contribution in [0, 0.1) is 0 Å². The Labute approximate surface area is 344 Å². The van der Waals surface area contributed by atoms with E-state index in [-0.39, 0.29) is 19.4 Å². The van der Waals surface area contributed by atoms with E-state index >= 15 is 0 Å². The summed E-state index contributed by atoms with van der Waals surface area (Å²) in [5, 5.41) is 18.3. The van der Waals surface area contributed by atoms with E-state index in [1.807, 2.05) is 24.3 Å². The van der Waals surface area contributed by atoms with Crippen LogP contribution in [0.3, 0.4) is 0 Å². The van der Waals surface area contributed by atoms with Crippen molar-refractivity contribution in [1.29, 1.82) is 0 Å². The smallest absolute Gasteiger partial charge is 0.462 e. The van der Waals surface area contributed by atoms with Gasteiger partial charge in [-0.15, -0.1) is 0 Å². The number of hydrogen-bond acceptors (Lipinski definition) is 9. The monoisotopic (exact) mass is 819 g/mol. The van der Waals surface area contributed by atoms with Gasteiger partial charge in [-0.2, -0.15) is 0 Å². The second kappa shape index (κ2) is 41.1. The van der Waals surface area contributed by atoms with Crippen LogP contribution in [-0.2, 0) is 32.7 Å². The second-order valence-electron chi connectivity index (χ2n) is 13.6. The van der Waals surface area contributed by atoms with Crippen molar-refractivity contribution in [3.8, 4) is 0 Å². The number of allylic oxidation sites excluding steroid dienone is 16. The highest BCUT2D eigenvalue weighted by Crippen LogP contribution is 2.43. The van der Waals surface area contributed by atoms with Crippen LogP contribution in [0.1, 0.15) is 142 Å². The normalized spacial score (nSPS) is 14.8. The van der Waals surface area contributed by atoms with Gasteiger partial charge in [0.15, 0.2) is 6.10 Å². The number of phosphoric ester groups is 1. The fourth-order valence-electron chi connectivity index (χ4n) is 4.98. The van der Waals surface area contributed by atoms with Crippen LogP contribution < -0.4 is 0 Å². The summed E-state index contributed by atoms with van der Waals surface area (Å²) in [6.45, 7) is 2.11. The van der Waals surface area contributed by atoms with Crippen LogP contribution in [0.2, 0.25) is 0 Å². The third-order valence-corrected chi connectivity index (χ3v) is 9.17. The van der Waals surface area contributed by atoms with Gasteiger partial charge in [0.2, 0.25) is 0 Å². The van der Waals surface area contributed by atoms with E-state index in [4.69, 9.17) is 19.1 Å². The molecule has 57 heavy (non-hydrogen) atoms. The summed E-state index contributed by atoms with van der Waals surface area (Å²) in [6.07, 6.45) is 49.6. The highest BCUT2D eigenvalue weighted by molar-refractivity contribution is 7.47. The van der Waals surface area contributed by atoms with Gasteiger partial charge in [0.05, 0.1) is 19.8 Å². The van der Waals surface area contributed by atoms with Gasteiger partial charge in [0, 0.05) is 12.8 Å². The number of carbonyl (C=O) groups excluding carboxylic acids is 2. The molecular weight excluding hydrogens is 743 g/mol. The lowest BCUT2D eigenvalue weighted by Crippen LogP contribution is -2.29. The van der Waals surface area contributed by atoms with E-state index in [2.05, 4.69) is 91.3 Å². The molecule has 0 saturated carbocycles. The van der Waals surface area contributed by atoms with E-state index in [1.54, 1.807) is 0 Å². The Kier molecular flexibility index (Phi) is 38.8. The molecule has 324 valence electrons. The lowest BCUT2D eigenvalue weighted by atomic mass is 10.1. The van der Waals surface area contributed by atoms with Gasteiger partial charge in [-0.25, -0.2) is 4.57 Å². The zero-order valence-corrected chi connectivity index (χ0v) is 35.9. The van der Waals surface area contributed by atoms with Gasteiger partial charge in [-0.3, -0.25) is 18.6 Å². The zero-order chi connectivity index (χ0) is 41.9. The molecule has 0 rings (SSSR count). The van der Waals surface area contributed by atoms with E-state index in [0.29, 0.717) is 25.7 Å². The molecule has 0 aromatic heterocycles. The van der Waals surface area contributed by atoms with Gasteiger partial charge in [-0.1, -0.05) is 143 Å². The van der Waals surface area contributed by atoms with E-state index in [0.717, 1.165) is 51.4 Å². The lowest BCUT2D eigenvalue weighted by Gasteiger charge is -2.20. The second-order valence-corrected chi connectivity index (χ2v) is 15.1. The maximum absolute atomic E-state index is 12.6. The molecule has 0 aromatic carbocycles. The maximum Gasteiger partial charge on any atom is 0.472 e. The van der Waals surface area contributed by atoms with Crippen molar-refractivity contribution in [3.63, 3.8) is 0 Å². The topological polar surface area (TPSA) is 149 Å². The molecule has 0 amide bonds. The molecule has 0 bridgehead atoms. The Morgan fingerprint density at radius 2 is 0.965 bits per heavy atom. The van der Waals surface area contributed by atoms with E-state index < -0.39 is 51.8 Å². The third-order valence-electron chi connectivity index (χ3n) is 8.22. The van der Waals surface area contributed by atoms with Crippen molar-refractivity contribution in [2.75, 3.05) is 26.4 Å². The first-order valence-corrected chi connectivity index (χ1v) is 22.7. The number of aliphatic hydroxyl groups excluding tert-OH is 2. The van der Waals surface area contributed by atoms with E-state index in [9.17, 15) is 24.2 Å². The molecule has 0 fully saturated rings. The Hall–Kier alpha value is -3.11. The summed E-state index contributed by atoms with van der Waals surface area (Å²) in [7, 11) is -4.65. The van der Waals surface area contributed by atoms with Crippen molar-refractivity contribution in [2.24, 2.45) is 0 Å². The number of carbonyl (C=O) groups is 2. The van der Waals surface area contributed by atoms with Gasteiger partial charge in [0.1, 0.15) is 12.7 Å². The maximum atomic E-state index is 12.6. The van der Waals surface area contributed by atoms with Gasteiger partial charge < -0.3 is 24.6 Å². The first-order chi connectivity index (χ1) is 27.7. The number of aliphatic hydroxyl groups is 2. The van der Waals surface area contributed by atoms with E-state index in [1.165, 1.54) is 38.5 Å². The molecule has 0 aliphatic heterocycles. The summed E-state index contributed by atoms with van der Waals surface area (Å²) in [6, 6.07) is 0.